The van der Waals surface area contributed by atoms with Gasteiger partial charge in [0.1, 0.15) is 5.56 Å². The van der Waals surface area contributed by atoms with Gasteiger partial charge in [-0.25, -0.2) is 9.97 Å². The fraction of sp³-hybridized carbons (Fsp3) is 0. The summed E-state index contributed by atoms with van der Waals surface area (Å²) in [5, 5.41) is 51.6. The van der Waals surface area contributed by atoms with Crippen LogP contribution in [0, 0.1) is 0 Å². The fourth-order valence-electron chi connectivity index (χ4n) is 4.61. The number of benzene rings is 4. The number of phenolic OH excluding ortho intramolecular Hbond substituents is 5. The van der Waals surface area contributed by atoms with E-state index < -0.39 is 34.3 Å². The van der Waals surface area contributed by atoms with Crippen LogP contribution in [0.1, 0.15) is 0 Å². The Morgan fingerprint density at radius 2 is 0.951 bits per heavy atom. The van der Waals surface area contributed by atoms with Gasteiger partial charge in [0.15, 0.2) is 17.3 Å². The second-order valence-corrected chi connectivity index (χ2v) is 9.35. The van der Waals surface area contributed by atoms with Crippen LogP contribution in [-0.2, 0) is 0 Å². The molecule has 0 aliphatic carbocycles. The van der Waals surface area contributed by atoms with E-state index in [2.05, 4.69) is 15.0 Å². The van der Waals surface area contributed by atoms with E-state index in [9.17, 15) is 25.5 Å². The van der Waals surface area contributed by atoms with Crippen LogP contribution >= 0.6 is 0 Å². The maximum Gasteiger partial charge on any atom is 0.208 e. The lowest BCUT2D eigenvalue weighted by Gasteiger charge is -2.14. The normalized spacial score (nSPS) is 10.9. The van der Waals surface area contributed by atoms with Gasteiger partial charge < -0.3 is 25.5 Å². The van der Waals surface area contributed by atoms with Crippen molar-refractivity contribution in [2.45, 2.75) is 0 Å². The molecule has 200 valence electrons. The molecule has 2 heterocycles. The molecule has 0 radical (unpaired) electrons. The molecule has 41 heavy (non-hydrogen) atoms. The van der Waals surface area contributed by atoms with E-state index >= 15 is 0 Å². The third-order valence-electron chi connectivity index (χ3n) is 6.76. The van der Waals surface area contributed by atoms with Gasteiger partial charge in [0, 0.05) is 29.1 Å². The molecule has 0 fully saturated rings. The van der Waals surface area contributed by atoms with Crippen molar-refractivity contribution >= 4 is 0 Å². The van der Waals surface area contributed by atoms with Crippen LogP contribution in [0.2, 0.25) is 0 Å². The first kappa shape index (κ1) is 25.4. The van der Waals surface area contributed by atoms with E-state index in [1.807, 2.05) is 91.0 Å². The molecule has 0 unspecified atom stereocenters. The summed E-state index contributed by atoms with van der Waals surface area (Å²) < 4.78 is 0. The van der Waals surface area contributed by atoms with Crippen molar-refractivity contribution in [2.75, 3.05) is 0 Å². The molecular weight excluding hydrogens is 518 g/mol. The van der Waals surface area contributed by atoms with Gasteiger partial charge >= 0.3 is 0 Å². The van der Waals surface area contributed by atoms with Crippen molar-refractivity contribution in [3.63, 3.8) is 0 Å². The molecule has 8 nitrogen and oxygen atoms in total. The Labute approximate surface area is 234 Å². The van der Waals surface area contributed by atoms with Crippen molar-refractivity contribution < 1.29 is 25.5 Å². The van der Waals surface area contributed by atoms with E-state index in [0.29, 0.717) is 17.0 Å². The summed E-state index contributed by atoms with van der Waals surface area (Å²) in [6.45, 7) is 0. The molecular formula is C33H23N3O5. The first-order valence-corrected chi connectivity index (χ1v) is 12.7. The zero-order chi connectivity index (χ0) is 28.5. The SMILES string of the molecule is Oc1c(O)c(O)c(-c2nc(-c3ccc(-c4ccccc4)cc3)cc(-c3cccc(-c4cccnc4)c3)n2)c(O)c1O. The highest BCUT2D eigenvalue weighted by Gasteiger charge is 2.27. The van der Waals surface area contributed by atoms with Crippen LogP contribution in [0.25, 0.3) is 56.2 Å². The van der Waals surface area contributed by atoms with Crippen LogP contribution in [0.15, 0.2) is 109 Å². The molecule has 0 aliphatic heterocycles. The molecule has 0 saturated heterocycles. The molecule has 6 aromatic rings. The highest BCUT2D eigenvalue weighted by Crippen LogP contribution is 2.54. The monoisotopic (exact) mass is 541 g/mol. The largest absolute Gasteiger partial charge is 0.504 e. The zero-order valence-corrected chi connectivity index (χ0v) is 21.5. The smallest absolute Gasteiger partial charge is 0.208 e. The minimum atomic E-state index is -1.05. The predicted molar refractivity (Wildman–Crippen MR) is 155 cm³/mol. The Bertz CT molecular complexity index is 1850. The molecule has 6 rings (SSSR count). The first-order chi connectivity index (χ1) is 19.9. The third kappa shape index (κ3) is 4.74. The number of aromatic hydroxyl groups is 5. The highest BCUT2D eigenvalue weighted by molar-refractivity contribution is 5.84. The maximum atomic E-state index is 10.6. The van der Waals surface area contributed by atoms with E-state index in [4.69, 9.17) is 0 Å². The van der Waals surface area contributed by atoms with Gasteiger partial charge in [-0.3, -0.25) is 4.98 Å². The molecule has 5 N–H and O–H groups in total. The van der Waals surface area contributed by atoms with Gasteiger partial charge in [-0.05, 0) is 34.9 Å². The molecule has 0 saturated carbocycles. The lowest BCUT2D eigenvalue weighted by atomic mass is 10.00. The lowest BCUT2D eigenvalue weighted by molar-refractivity contribution is 0.329. The number of hydrogen-bond acceptors (Lipinski definition) is 8. The Hall–Kier alpha value is -5.89. The predicted octanol–water partition coefficient (Wildman–Crippen LogP) is 6.73. The number of aromatic nitrogens is 3. The average Bonchev–Trinajstić information content (AvgIpc) is 3.04. The van der Waals surface area contributed by atoms with Gasteiger partial charge in [0.05, 0.1) is 11.4 Å². The summed E-state index contributed by atoms with van der Waals surface area (Å²) >= 11 is 0. The van der Waals surface area contributed by atoms with Gasteiger partial charge in [0.25, 0.3) is 0 Å². The van der Waals surface area contributed by atoms with Gasteiger partial charge in [0.2, 0.25) is 17.2 Å². The second-order valence-electron chi connectivity index (χ2n) is 9.35. The van der Waals surface area contributed by atoms with Crippen molar-refractivity contribution in [2.24, 2.45) is 0 Å². The third-order valence-corrected chi connectivity index (χ3v) is 6.76. The maximum absolute atomic E-state index is 10.6. The molecule has 0 aliphatic rings. The Balaban J connectivity index is 1.54. The Morgan fingerprint density at radius 1 is 0.415 bits per heavy atom. The Morgan fingerprint density at radius 3 is 1.61 bits per heavy atom. The van der Waals surface area contributed by atoms with Crippen LogP contribution in [-0.4, -0.2) is 40.5 Å². The van der Waals surface area contributed by atoms with Gasteiger partial charge in [-0.15, -0.1) is 0 Å². The summed E-state index contributed by atoms with van der Waals surface area (Å²) in [7, 11) is 0. The summed E-state index contributed by atoms with van der Waals surface area (Å²) in [5.74, 6) is -4.97. The second kappa shape index (κ2) is 10.3. The molecule has 0 amide bonds. The van der Waals surface area contributed by atoms with Gasteiger partial charge in [-0.2, -0.15) is 0 Å². The molecule has 4 aromatic carbocycles. The summed E-state index contributed by atoms with van der Waals surface area (Å²) in [6, 6.07) is 30.8. The highest BCUT2D eigenvalue weighted by atomic mass is 16.4. The van der Waals surface area contributed by atoms with E-state index in [-0.39, 0.29) is 5.82 Å². The number of pyridine rings is 1. The number of phenols is 5. The number of hydrogen-bond donors (Lipinski definition) is 5. The average molecular weight is 542 g/mol. The van der Waals surface area contributed by atoms with Crippen molar-refractivity contribution in [1.82, 2.24) is 15.0 Å². The standard InChI is InChI=1S/C33H23N3O5/c37-28-27(29(38)31(40)32(41)30(28)39)33-35-25(21-13-11-20(12-14-21)19-6-2-1-3-7-19)17-26(36-33)23-9-4-8-22(16-23)24-10-5-15-34-18-24/h1-18,37-41H. The summed E-state index contributed by atoms with van der Waals surface area (Å²) in [6.07, 6.45) is 3.45. The van der Waals surface area contributed by atoms with E-state index in [1.165, 1.54) is 0 Å². The molecule has 2 aromatic heterocycles. The quantitative estimate of drug-likeness (QED) is 0.119. The number of rotatable bonds is 5. The van der Waals surface area contributed by atoms with Crippen molar-refractivity contribution in [1.29, 1.82) is 0 Å². The van der Waals surface area contributed by atoms with Gasteiger partial charge in [-0.1, -0.05) is 78.9 Å². The topological polar surface area (TPSA) is 140 Å². The first-order valence-electron chi connectivity index (χ1n) is 12.7. The Kier molecular flexibility index (Phi) is 6.41. The summed E-state index contributed by atoms with van der Waals surface area (Å²) in [5.41, 5.74) is 5.80. The fourth-order valence-corrected chi connectivity index (χ4v) is 4.61. The molecule has 0 spiro atoms. The lowest BCUT2D eigenvalue weighted by Crippen LogP contribution is -1.97. The van der Waals surface area contributed by atoms with Crippen LogP contribution in [0.3, 0.4) is 0 Å². The van der Waals surface area contributed by atoms with E-state index in [0.717, 1.165) is 27.8 Å². The minimum Gasteiger partial charge on any atom is -0.504 e. The van der Waals surface area contributed by atoms with Crippen molar-refractivity contribution in [3.8, 4) is 84.9 Å². The molecule has 8 heteroatoms. The molecule has 0 bridgehead atoms. The van der Waals surface area contributed by atoms with Crippen molar-refractivity contribution in [3.05, 3.63) is 109 Å². The van der Waals surface area contributed by atoms with Crippen LogP contribution in [0.5, 0.6) is 28.7 Å². The number of nitrogens with zero attached hydrogens (tertiary/aromatic N) is 3. The van der Waals surface area contributed by atoms with Crippen LogP contribution in [0.4, 0.5) is 0 Å². The summed E-state index contributed by atoms with van der Waals surface area (Å²) in [4.78, 5) is 13.3. The zero-order valence-electron chi connectivity index (χ0n) is 21.5. The van der Waals surface area contributed by atoms with Crippen LogP contribution < -0.4 is 0 Å². The molecule has 0 atom stereocenters. The van der Waals surface area contributed by atoms with E-state index in [1.54, 1.807) is 18.5 Å². The minimum absolute atomic E-state index is 0.169.